The summed E-state index contributed by atoms with van der Waals surface area (Å²) in [5.41, 5.74) is 7.58. The van der Waals surface area contributed by atoms with Gasteiger partial charge in [0, 0.05) is 24.1 Å². The van der Waals surface area contributed by atoms with Crippen molar-refractivity contribution in [3.63, 3.8) is 0 Å². The van der Waals surface area contributed by atoms with Crippen LogP contribution < -0.4 is 11.1 Å². The summed E-state index contributed by atoms with van der Waals surface area (Å²) in [5.74, 6) is -0.180. The van der Waals surface area contributed by atoms with Gasteiger partial charge >= 0.3 is 0 Å². The molecule has 0 saturated carbocycles. The molecule has 3 N–H and O–H groups in total. The molecule has 0 unspecified atom stereocenters. The van der Waals surface area contributed by atoms with E-state index in [-0.39, 0.29) is 29.9 Å². The van der Waals surface area contributed by atoms with Crippen LogP contribution in [0, 0.1) is 0 Å². The zero-order valence-electron chi connectivity index (χ0n) is 15.2. The van der Waals surface area contributed by atoms with Crippen LogP contribution in [0.25, 0.3) is 0 Å². The first kappa shape index (κ1) is 19.3. The minimum Gasteiger partial charge on any atom is -0.369 e. The Morgan fingerprint density at radius 2 is 1.88 bits per heavy atom. The van der Waals surface area contributed by atoms with Gasteiger partial charge in [0.1, 0.15) is 0 Å². The average molecular weight is 344 g/mol. The van der Waals surface area contributed by atoms with Gasteiger partial charge in [-0.25, -0.2) is 0 Å². The first-order valence-corrected chi connectivity index (χ1v) is 8.94. The highest BCUT2D eigenvalue weighted by molar-refractivity contribution is 6.08. The number of nitrogens with one attached hydrogen (secondary N) is 1. The number of nitrogens with two attached hydrogens (primary N) is 1. The van der Waals surface area contributed by atoms with Gasteiger partial charge in [-0.2, -0.15) is 0 Å². The Hall–Kier alpha value is -1.98. The van der Waals surface area contributed by atoms with Crippen LogP contribution in [0.4, 0.5) is 0 Å². The molecule has 0 bridgehead atoms. The molecule has 5 nitrogen and oxygen atoms in total. The molecule has 0 saturated heterocycles. The van der Waals surface area contributed by atoms with Crippen LogP contribution in [0.1, 0.15) is 50.4 Å². The third kappa shape index (κ3) is 5.00. The lowest BCUT2D eigenvalue weighted by atomic mass is 9.85. The third-order valence-electron chi connectivity index (χ3n) is 4.59. The molecule has 2 rings (SSSR count). The Kier molecular flexibility index (Phi) is 6.91. The van der Waals surface area contributed by atoms with Crippen molar-refractivity contribution in [1.29, 1.82) is 0 Å². The third-order valence-corrected chi connectivity index (χ3v) is 4.59. The summed E-state index contributed by atoms with van der Waals surface area (Å²) in [6.45, 7) is 5.59. The summed E-state index contributed by atoms with van der Waals surface area (Å²) in [7, 11) is 0. The topological polar surface area (TPSA) is 81.4 Å². The summed E-state index contributed by atoms with van der Waals surface area (Å²) in [6, 6.07) is 8.46. The van der Waals surface area contributed by atoms with Gasteiger partial charge in [-0.3, -0.25) is 9.59 Å². The molecular formula is C20H28N2O3. The van der Waals surface area contributed by atoms with Crippen LogP contribution in [-0.2, 0) is 9.53 Å². The molecule has 3 atom stereocenters. The molecular weight excluding hydrogens is 316 g/mol. The number of benzene rings is 1. The summed E-state index contributed by atoms with van der Waals surface area (Å²) in [5, 5.41) is 2.89. The molecule has 5 heteroatoms. The Bertz CT molecular complexity index is 623. The number of carbonyl (C=O) groups excluding carboxylic acids is 2. The monoisotopic (exact) mass is 344 g/mol. The van der Waals surface area contributed by atoms with Gasteiger partial charge in [0.2, 0.25) is 5.91 Å². The minimum atomic E-state index is -0.403. The van der Waals surface area contributed by atoms with Gasteiger partial charge in [-0.1, -0.05) is 44.2 Å². The van der Waals surface area contributed by atoms with E-state index < -0.39 is 6.10 Å². The van der Waals surface area contributed by atoms with Crippen molar-refractivity contribution >= 4 is 11.7 Å². The number of ketones is 1. The van der Waals surface area contributed by atoms with E-state index in [4.69, 9.17) is 10.5 Å². The number of rotatable bonds is 7. The Morgan fingerprint density at radius 1 is 1.24 bits per heavy atom. The summed E-state index contributed by atoms with van der Waals surface area (Å²) in [4.78, 5) is 24.3. The molecule has 1 aromatic rings. The van der Waals surface area contributed by atoms with E-state index in [0.29, 0.717) is 17.6 Å². The first-order valence-electron chi connectivity index (χ1n) is 8.94. The van der Waals surface area contributed by atoms with Gasteiger partial charge < -0.3 is 15.8 Å². The fraction of sp³-hybridized carbons (Fsp3) is 0.500. The number of ether oxygens (including phenoxy) is 1. The lowest BCUT2D eigenvalue weighted by Gasteiger charge is -2.36. The summed E-state index contributed by atoms with van der Waals surface area (Å²) in [6.07, 6.45) is 3.66. The smallest absolute Gasteiger partial charge is 0.217 e. The molecule has 0 aromatic heterocycles. The Labute approximate surface area is 149 Å². The highest BCUT2D eigenvalue weighted by atomic mass is 16.5. The predicted octanol–water partition coefficient (Wildman–Crippen LogP) is 2.61. The van der Waals surface area contributed by atoms with Crippen molar-refractivity contribution in [3.8, 4) is 0 Å². The van der Waals surface area contributed by atoms with Crippen molar-refractivity contribution in [2.75, 3.05) is 0 Å². The van der Waals surface area contributed by atoms with Crippen LogP contribution in [0.3, 0.4) is 0 Å². The average Bonchev–Trinajstić information content (AvgIpc) is 2.61. The highest BCUT2D eigenvalue weighted by Crippen LogP contribution is 2.25. The van der Waals surface area contributed by atoms with Gasteiger partial charge in [0.05, 0.1) is 18.2 Å². The predicted molar refractivity (Wildman–Crippen MR) is 98.3 cm³/mol. The zero-order chi connectivity index (χ0) is 18.4. The van der Waals surface area contributed by atoms with E-state index in [1.807, 2.05) is 24.3 Å². The molecule has 136 valence electrons. The number of hydrogen-bond acceptors (Lipinski definition) is 4. The van der Waals surface area contributed by atoms with Crippen LogP contribution in [0.15, 0.2) is 42.0 Å². The molecule has 1 aliphatic carbocycles. The van der Waals surface area contributed by atoms with E-state index in [1.54, 1.807) is 12.1 Å². The maximum Gasteiger partial charge on any atom is 0.217 e. The second kappa shape index (κ2) is 8.92. The van der Waals surface area contributed by atoms with Gasteiger partial charge in [0.15, 0.2) is 5.78 Å². The van der Waals surface area contributed by atoms with Crippen LogP contribution >= 0.6 is 0 Å². The maximum atomic E-state index is 12.8. The second-order valence-electron chi connectivity index (χ2n) is 6.52. The molecule has 0 fully saturated rings. The fourth-order valence-electron chi connectivity index (χ4n) is 3.19. The zero-order valence-corrected chi connectivity index (χ0v) is 15.2. The van der Waals surface area contributed by atoms with Crippen molar-refractivity contribution < 1.29 is 14.3 Å². The van der Waals surface area contributed by atoms with Crippen LogP contribution in [0.2, 0.25) is 0 Å². The van der Waals surface area contributed by atoms with Crippen molar-refractivity contribution in [3.05, 3.63) is 47.5 Å². The van der Waals surface area contributed by atoms with E-state index in [2.05, 4.69) is 19.2 Å². The largest absolute Gasteiger partial charge is 0.369 e. The fourth-order valence-corrected chi connectivity index (χ4v) is 3.19. The van der Waals surface area contributed by atoms with Crippen molar-refractivity contribution in [2.45, 2.75) is 64.3 Å². The summed E-state index contributed by atoms with van der Waals surface area (Å²) < 4.78 is 6.17. The molecule has 0 spiro atoms. The Balaban J connectivity index is 2.29. The van der Waals surface area contributed by atoms with Gasteiger partial charge in [0.25, 0.3) is 0 Å². The van der Waals surface area contributed by atoms with E-state index in [9.17, 15) is 9.59 Å². The first-order chi connectivity index (χ1) is 12.0. The molecule has 1 aliphatic rings. The molecule has 0 aliphatic heterocycles. The van der Waals surface area contributed by atoms with Crippen molar-refractivity contribution in [1.82, 2.24) is 5.32 Å². The van der Waals surface area contributed by atoms with Crippen LogP contribution in [-0.4, -0.2) is 36.0 Å². The molecule has 0 heterocycles. The summed E-state index contributed by atoms with van der Waals surface area (Å²) >= 11 is 0. The van der Waals surface area contributed by atoms with E-state index in [0.717, 1.165) is 12.8 Å². The number of carbonyl (C=O) groups is 2. The van der Waals surface area contributed by atoms with Crippen LogP contribution in [0.5, 0.6) is 0 Å². The number of Topliss-reactive ketones (excluding diaryl/α,β-unsaturated/α-hetero) is 1. The molecule has 1 amide bonds. The molecule has 0 radical (unpaired) electrons. The lowest BCUT2D eigenvalue weighted by Crippen LogP contribution is -2.57. The normalized spacial score (nSPS) is 23.2. The second-order valence-corrected chi connectivity index (χ2v) is 6.52. The van der Waals surface area contributed by atoms with Crippen molar-refractivity contribution in [2.24, 2.45) is 5.73 Å². The standard InChI is InChI=1S/C20H28N2O3/c1-4-16(5-2)25-18-12-15(11-17(21)19(18)22-13(3)23)20(24)14-9-7-6-8-10-14/h6-10,12,16-19H,4-5,11,21H2,1-3H3,(H,22,23)/t17-,18+,19+/m0/s1. The van der Waals surface area contributed by atoms with E-state index >= 15 is 0 Å². The van der Waals surface area contributed by atoms with Gasteiger partial charge in [-0.15, -0.1) is 0 Å². The Morgan fingerprint density at radius 3 is 2.44 bits per heavy atom. The minimum absolute atomic E-state index is 0.0320. The van der Waals surface area contributed by atoms with E-state index in [1.165, 1.54) is 6.92 Å². The molecule has 25 heavy (non-hydrogen) atoms. The lowest BCUT2D eigenvalue weighted by molar-refractivity contribution is -0.121. The quantitative estimate of drug-likeness (QED) is 0.745. The molecule has 1 aromatic carbocycles. The van der Waals surface area contributed by atoms with Gasteiger partial charge in [-0.05, 0) is 25.3 Å². The highest BCUT2D eigenvalue weighted by Gasteiger charge is 2.35. The number of hydrogen-bond donors (Lipinski definition) is 2. The SMILES string of the molecule is CCC(CC)O[C@@H]1C=C(C(=O)c2ccccc2)C[C@H](N)[C@H]1NC(C)=O. The number of amides is 1. The maximum absolute atomic E-state index is 12.8.